The van der Waals surface area contributed by atoms with E-state index in [0.717, 1.165) is 0 Å². The number of amides is 2. The Morgan fingerprint density at radius 1 is 0.963 bits per heavy atom. The number of aryl methyl sites for hydroxylation is 1. The molecule has 0 aromatic heterocycles. The molecule has 0 aliphatic carbocycles. The first-order chi connectivity index (χ1) is 12.8. The summed E-state index contributed by atoms with van der Waals surface area (Å²) in [6.07, 6.45) is 0. The van der Waals surface area contributed by atoms with Gasteiger partial charge in [-0.3, -0.25) is 14.5 Å². The highest BCUT2D eigenvalue weighted by molar-refractivity contribution is 6.39. The van der Waals surface area contributed by atoms with Gasteiger partial charge in [-0.2, -0.15) is 0 Å². The molecule has 0 heterocycles. The maximum absolute atomic E-state index is 12.4. The summed E-state index contributed by atoms with van der Waals surface area (Å²) in [6, 6.07) is 13.0. The summed E-state index contributed by atoms with van der Waals surface area (Å²) in [5.41, 5.74) is 2.70. The molecule has 0 atom stereocenters. The van der Waals surface area contributed by atoms with Crippen molar-refractivity contribution >= 4 is 40.7 Å². The summed E-state index contributed by atoms with van der Waals surface area (Å²) < 4.78 is 0. The largest absolute Gasteiger partial charge is 0.335 e. The Morgan fingerprint density at radius 3 is 2.22 bits per heavy atom. The van der Waals surface area contributed by atoms with Gasteiger partial charge >= 0.3 is 0 Å². The van der Waals surface area contributed by atoms with Gasteiger partial charge in [-0.05, 0) is 37.2 Å². The van der Waals surface area contributed by atoms with Crippen LogP contribution in [0.4, 0.5) is 5.69 Å². The van der Waals surface area contributed by atoms with E-state index in [1.54, 1.807) is 25.2 Å². The van der Waals surface area contributed by atoms with E-state index in [1.165, 1.54) is 16.0 Å². The van der Waals surface area contributed by atoms with Crippen molar-refractivity contribution in [1.29, 1.82) is 0 Å². The first-order valence-electron chi connectivity index (χ1n) is 8.48. The zero-order valence-corrected chi connectivity index (χ0v) is 17.1. The molecular weight excluding hydrogens is 385 g/mol. The Balaban J connectivity index is 1.87. The van der Waals surface area contributed by atoms with Crippen LogP contribution in [0.5, 0.6) is 0 Å². The SMILES string of the molecule is Cc1ccccc1CN(C)CC(=O)N(C)CC(=O)Nc1c(Cl)cccc1Cl. The molecule has 0 radical (unpaired) electrons. The van der Waals surface area contributed by atoms with Crippen LogP contribution in [0, 0.1) is 6.92 Å². The van der Waals surface area contributed by atoms with E-state index in [1.807, 2.05) is 43.1 Å². The maximum Gasteiger partial charge on any atom is 0.244 e. The van der Waals surface area contributed by atoms with Gasteiger partial charge in [0.05, 0.1) is 28.8 Å². The molecule has 0 saturated heterocycles. The topological polar surface area (TPSA) is 52.7 Å². The minimum atomic E-state index is -0.359. The van der Waals surface area contributed by atoms with Crippen LogP contribution < -0.4 is 5.32 Å². The predicted octanol–water partition coefficient (Wildman–Crippen LogP) is 3.83. The van der Waals surface area contributed by atoms with Crippen molar-refractivity contribution in [3.8, 4) is 0 Å². The third-order valence-electron chi connectivity index (χ3n) is 4.14. The van der Waals surface area contributed by atoms with E-state index < -0.39 is 0 Å². The number of likely N-dealkylation sites (N-methyl/N-ethyl adjacent to an activating group) is 2. The van der Waals surface area contributed by atoms with Crippen LogP contribution in [0.15, 0.2) is 42.5 Å². The van der Waals surface area contributed by atoms with Gasteiger partial charge in [0, 0.05) is 13.6 Å². The average molecular weight is 408 g/mol. The monoisotopic (exact) mass is 407 g/mol. The van der Waals surface area contributed by atoms with Crippen LogP contribution in [-0.4, -0.2) is 48.8 Å². The highest BCUT2D eigenvalue weighted by atomic mass is 35.5. The van der Waals surface area contributed by atoms with Crippen LogP contribution in [0.1, 0.15) is 11.1 Å². The quantitative estimate of drug-likeness (QED) is 0.758. The molecule has 0 aliphatic heterocycles. The molecule has 0 fully saturated rings. The second-order valence-corrected chi connectivity index (χ2v) is 7.31. The molecule has 2 aromatic rings. The molecule has 5 nitrogen and oxygen atoms in total. The molecule has 0 spiro atoms. The Bertz CT molecular complexity index is 806. The number of nitrogens with one attached hydrogen (secondary N) is 1. The fourth-order valence-corrected chi connectivity index (χ4v) is 3.08. The lowest BCUT2D eigenvalue weighted by Gasteiger charge is -2.22. The number of carbonyl (C=O) groups excluding carboxylic acids is 2. The molecule has 2 amide bonds. The second kappa shape index (κ2) is 9.74. The maximum atomic E-state index is 12.4. The van der Waals surface area contributed by atoms with Crippen molar-refractivity contribution in [2.45, 2.75) is 13.5 Å². The molecule has 0 unspecified atom stereocenters. The number of hydrogen-bond donors (Lipinski definition) is 1. The molecule has 2 aromatic carbocycles. The molecule has 0 bridgehead atoms. The van der Waals surface area contributed by atoms with E-state index in [0.29, 0.717) is 22.3 Å². The van der Waals surface area contributed by atoms with Crippen LogP contribution in [0.25, 0.3) is 0 Å². The first kappa shape index (κ1) is 21.2. The summed E-state index contributed by atoms with van der Waals surface area (Å²) in [5, 5.41) is 3.35. The van der Waals surface area contributed by atoms with Gasteiger partial charge in [-0.1, -0.05) is 53.5 Å². The van der Waals surface area contributed by atoms with Crippen molar-refractivity contribution in [2.24, 2.45) is 0 Å². The number of para-hydroxylation sites is 1. The first-order valence-corrected chi connectivity index (χ1v) is 9.24. The molecule has 1 N–H and O–H groups in total. The number of carbonyl (C=O) groups is 2. The van der Waals surface area contributed by atoms with Crippen LogP contribution >= 0.6 is 23.2 Å². The summed E-state index contributed by atoms with van der Waals surface area (Å²) in [6.45, 7) is 2.83. The van der Waals surface area contributed by atoms with Crippen molar-refractivity contribution < 1.29 is 9.59 Å². The van der Waals surface area contributed by atoms with E-state index in [-0.39, 0.29) is 24.9 Å². The summed E-state index contributed by atoms with van der Waals surface area (Å²) >= 11 is 12.1. The van der Waals surface area contributed by atoms with Crippen molar-refractivity contribution in [3.05, 3.63) is 63.6 Å². The summed E-state index contributed by atoms with van der Waals surface area (Å²) in [4.78, 5) is 27.9. The third-order valence-corrected chi connectivity index (χ3v) is 4.77. The predicted molar refractivity (Wildman–Crippen MR) is 110 cm³/mol. The van der Waals surface area contributed by atoms with Crippen molar-refractivity contribution in [2.75, 3.05) is 32.5 Å². The lowest BCUT2D eigenvalue weighted by Crippen LogP contribution is -2.40. The Labute approximate surface area is 169 Å². The van der Waals surface area contributed by atoms with Gasteiger partial charge < -0.3 is 10.2 Å². The Kier molecular flexibility index (Phi) is 7.66. The lowest BCUT2D eigenvalue weighted by atomic mass is 10.1. The molecule has 27 heavy (non-hydrogen) atoms. The number of hydrogen-bond acceptors (Lipinski definition) is 3. The Hall–Kier alpha value is -2.08. The molecular formula is C20H23Cl2N3O2. The van der Waals surface area contributed by atoms with E-state index in [9.17, 15) is 9.59 Å². The molecule has 144 valence electrons. The van der Waals surface area contributed by atoms with Gasteiger partial charge in [0.1, 0.15) is 0 Å². The van der Waals surface area contributed by atoms with Gasteiger partial charge in [0.15, 0.2) is 0 Å². The lowest BCUT2D eigenvalue weighted by molar-refractivity contribution is -0.134. The zero-order valence-electron chi connectivity index (χ0n) is 15.6. The van der Waals surface area contributed by atoms with Crippen LogP contribution in [-0.2, 0) is 16.1 Å². The molecule has 7 heteroatoms. The Morgan fingerprint density at radius 2 is 1.59 bits per heavy atom. The van der Waals surface area contributed by atoms with E-state index >= 15 is 0 Å². The third kappa shape index (κ3) is 6.24. The smallest absolute Gasteiger partial charge is 0.244 e. The number of rotatable bonds is 7. The van der Waals surface area contributed by atoms with Gasteiger partial charge in [0.2, 0.25) is 11.8 Å². The fourth-order valence-electron chi connectivity index (χ4n) is 2.59. The van der Waals surface area contributed by atoms with Crippen molar-refractivity contribution in [3.63, 3.8) is 0 Å². The van der Waals surface area contributed by atoms with Crippen LogP contribution in [0.2, 0.25) is 10.0 Å². The highest BCUT2D eigenvalue weighted by Gasteiger charge is 2.17. The number of halogens is 2. The number of nitrogens with zero attached hydrogens (tertiary/aromatic N) is 2. The molecule has 2 rings (SSSR count). The molecule has 0 saturated carbocycles. The highest BCUT2D eigenvalue weighted by Crippen LogP contribution is 2.29. The van der Waals surface area contributed by atoms with Gasteiger partial charge in [-0.15, -0.1) is 0 Å². The van der Waals surface area contributed by atoms with Crippen molar-refractivity contribution in [1.82, 2.24) is 9.80 Å². The number of anilines is 1. The zero-order chi connectivity index (χ0) is 20.0. The van der Waals surface area contributed by atoms with E-state index in [2.05, 4.69) is 5.32 Å². The minimum Gasteiger partial charge on any atom is -0.335 e. The average Bonchev–Trinajstić information content (AvgIpc) is 2.60. The second-order valence-electron chi connectivity index (χ2n) is 6.49. The summed E-state index contributed by atoms with van der Waals surface area (Å²) in [5.74, 6) is -0.506. The summed E-state index contributed by atoms with van der Waals surface area (Å²) in [7, 11) is 3.47. The minimum absolute atomic E-state index is 0.0847. The van der Waals surface area contributed by atoms with Gasteiger partial charge in [0.25, 0.3) is 0 Å². The standard InChI is InChI=1S/C20H23Cl2N3O2/c1-14-7-4-5-8-15(14)11-24(2)13-19(27)25(3)12-18(26)23-20-16(21)9-6-10-17(20)22/h4-10H,11-13H2,1-3H3,(H,23,26). The number of benzene rings is 2. The van der Waals surface area contributed by atoms with Crippen LogP contribution in [0.3, 0.4) is 0 Å². The fraction of sp³-hybridized carbons (Fsp3) is 0.300. The van der Waals surface area contributed by atoms with E-state index in [4.69, 9.17) is 23.2 Å². The normalized spacial score (nSPS) is 10.7. The van der Waals surface area contributed by atoms with Gasteiger partial charge in [-0.25, -0.2) is 0 Å². The molecule has 0 aliphatic rings.